The Hall–Kier alpha value is -1.79. The van der Waals surface area contributed by atoms with E-state index in [-0.39, 0.29) is 18.1 Å². The van der Waals surface area contributed by atoms with E-state index in [0.717, 1.165) is 24.0 Å². The molecule has 2 N–H and O–H groups in total. The van der Waals surface area contributed by atoms with Crippen molar-refractivity contribution in [2.45, 2.75) is 46.1 Å². The summed E-state index contributed by atoms with van der Waals surface area (Å²) in [7, 11) is 0. The van der Waals surface area contributed by atoms with Gasteiger partial charge in [-0.25, -0.2) is 0 Å². The fourth-order valence-electron chi connectivity index (χ4n) is 1.81. The van der Waals surface area contributed by atoms with E-state index < -0.39 is 0 Å². The molecule has 0 spiro atoms. The molecule has 1 aromatic rings. The maximum absolute atomic E-state index is 12.3. The molecule has 0 saturated carbocycles. The molecule has 0 aliphatic carbocycles. The van der Waals surface area contributed by atoms with Crippen molar-refractivity contribution in [2.75, 3.05) is 6.61 Å². The maximum Gasteiger partial charge on any atom is 0.251 e. The molecular weight excluding hydrogens is 250 g/mol. The van der Waals surface area contributed by atoms with Gasteiger partial charge in [0.15, 0.2) is 0 Å². The first kappa shape index (κ1) is 16.3. The van der Waals surface area contributed by atoms with Gasteiger partial charge in [-0.15, -0.1) is 0 Å². The van der Waals surface area contributed by atoms with Gasteiger partial charge < -0.3 is 10.4 Å². The van der Waals surface area contributed by atoms with E-state index in [2.05, 4.69) is 31.0 Å². The topological polar surface area (TPSA) is 49.3 Å². The van der Waals surface area contributed by atoms with Crippen molar-refractivity contribution in [2.24, 2.45) is 0 Å². The summed E-state index contributed by atoms with van der Waals surface area (Å²) in [5.41, 5.74) is 2.20. The van der Waals surface area contributed by atoms with Gasteiger partial charge in [-0.1, -0.05) is 31.8 Å². The van der Waals surface area contributed by atoms with Gasteiger partial charge in [0.25, 0.3) is 5.91 Å². The summed E-state index contributed by atoms with van der Waals surface area (Å²) in [5, 5.41) is 11.8. The molecule has 108 valence electrons. The van der Waals surface area contributed by atoms with E-state index in [4.69, 9.17) is 5.11 Å². The van der Waals surface area contributed by atoms with E-state index in [1.807, 2.05) is 19.9 Å². The average molecular weight is 273 g/mol. The molecule has 1 amide bonds. The summed E-state index contributed by atoms with van der Waals surface area (Å²) in [6, 6.07) is 5.46. The molecule has 0 atom stereocenters. The molecule has 3 heteroatoms. The second kappa shape index (κ2) is 7.12. The van der Waals surface area contributed by atoms with Crippen LogP contribution in [0.2, 0.25) is 0 Å². The average Bonchev–Trinajstić information content (AvgIpc) is 2.46. The van der Waals surface area contributed by atoms with Crippen LogP contribution in [0.3, 0.4) is 0 Å². The predicted octanol–water partition coefficient (Wildman–Crippen LogP) is 2.65. The highest BCUT2D eigenvalue weighted by Crippen LogP contribution is 2.16. The molecule has 0 aromatic heterocycles. The summed E-state index contributed by atoms with van der Waals surface area (Å²) >= 11 is 0. The Balaban J connectivity index is 3.00. The number of benzene rings is 1. The standard InChI is InChI=1S/C17H23NO2/c1-5-17(4,6-2)18-16(20)15-10-9-13(3)14(12-15)8-7-11-19/h9-10,12,19H,5-6,11H2,1-4H3,(H,18,20). The van der Waals surface area contributed by atoms with E-state index in [1.54, 1.807) is 12.1 Å². The normalized spacial score (nSPS) is 10.7. The van der Waals surface area contributed by atoms with Crippen LogP contribution in [0.15, 0.2) is 18.2 Å². The zero-order valence-corrected chi connectivity index (χ0v) is 12.7. The SMILES string of the molecule is CCC(C)(CC)NC(=O)c1ccc(C)c(C#CCO)c1. The van der Waals surface area contributed by atoms with Crippen molar-refractivity contribution in [3.05, 3.63) is 34.9 Å². The fraction of sp³-hybridized carbons (Fsp3) is 0.471. The smallest absolute Gasteiger partial charge is 0.251 e. The molecule has 1 rings (SSSR count). The van der Waals surface area contributed by atoms with Crippen LogP contribution >= 0.6 is 0 Å². The van der Waals surface area contributed by atoms with Gasteiger partial charge in [-0.3, -0.25) is 4.79 Å². The number of nitrogens with one attached hydrogen (secondary N) is 1. The first-order valence-corrected chi connectivity index (χ1v) is 6.98. The second-order valence-electron chi connectivity index (χ2n) is 5.21. The summed E-state index contributed by atoms with van der Waals surface area (Å²) in [6.45, 7) is 7.94. The Morgan fingerprint density at radius 2 is 2.00 bits per heavy atom. The summed E-state index contributed by atoms with van der Waals surface area (Å²) < 4.78 is 0. The first-order chi connectivity index (χ1) is 9.45. The van der Waals surface area contributed by atoms with Crippen LogP contribution in [0.5, 0.6) is 0 Å². The molecule has 0 heterocycles. The molecule has 0 radical (unpaired) electrons. The van der Waals surface area contributed by atoms with Gasteiger partial charge in [0.05, 0.1) is 0 Å². The number of aliphatic hydroxyl groups is 1. The Kier molecular flexibility index (Phi) is 5.79. The lowest BCUT2D eigenvalue weighted by atomic mass is 9.94. The van der Waals surface area contributed by atoms with Crippen molar-refractivity contribution in [3.63, 3.8) is 0 Å². The molecule has 1 aromatic carbocycles. The van der Waals surface area contributed by atoms with Crippen molar-refractivity contribution in [1.82, 2.24) is 5.32 Å². The molecule has 0 bridgehead atoms. The highest BCUT2D eigenvalue weighted by molar-refractivity contribution is 5.95. The van der Waals surface area contributed by atoms with Gasteiger partial charge in [0.2, 0.25) is 0 Å². The van der Waals surface area contributed by atoms with E-state index in [1.165, 1.54) is 0 Å². The third kappa shape index (κ3) is 4.11. The van der Waals surface area contributed by atoms with Crippen LogP contribution in [0.1, 0.15) is 55.1 Å². The molecule has 0 saturated heterocycles. The number of carbonyl (C=O) groups excluding carboxylic acids is 1. The third-order valence-electron chi connectivity index (χ3n) is 3.78. The largest absolute Gasteiger partial charge is 0.384 e. The number of hydrogen-bond donors (Lipinski definition) is 2. The van der Waals surface area contributed by atoms with E-state index >= 15 is 0 Å². The van der Waals surface area contributed by atoms with Crippen LogP contribution in [-0.4, -0.2) is 23.2 Å². The van der Waals surface area contributed by atoms with Gasteiger partial charge in [-0.2, -0.15) is 0 Å². The zero-order valence-electron chi connectivity index (χ0n) is 12.7. The van der Waals surface area contributed by atoms with E-state index in [9.17, 15) is 4.79 Å². The lowest BCUT2D eigenvalue weighted by molar-refractivity contribution is 0.0901. The number of rotatable bonds is 4. The summed E-state index contributed by atoms with van der Waals surface area (Å²) in [4.78, 5) is 12.3. The fourth-order valence-corrected chi connectivity index (χ4v) is 1.81. The molecule has 0 unspecified atom stereocenters. The number of aryl methyl sites for hydroxylation is 1. The predicted molar refractivity (Wildman–Crippen MR) is 81.6 cm³/mol. The molecule has 0 aliphatic heterocycles. The lowest BCUT2D eigenvalue weighted by Gasteiger charge is -2.28. The van der Waals surface area contributed by atoms with Crippen molar-refractivity contribution in [3.8, 4) is 11.8 Å². The minimum atomic E-state index is -0.182. The van der Waals surface area contributed by atoms with Crippen molar-refractivity contribution >= 4 is 5.91 Å². The molecule has 20 heavy (non-hydrogen) atoms. The highest BCUT2D eigenvalue weighted by atomic mass is 16.2. The van der Waals surface area contributed by atoms with Gasteiger partial charge in [-0.05, 0) is 44.4 Å². The minimum Gasteiger partial charge on any atom is -0.384 e. The molecular formula is C17H23NO2. The van der Waals surface area contributed by atoms with Crippen LogP contribution in [-0.2, 0) is 0 Å². The highest BCUT2D eigenvalue weighted by Gasteiger charge is 2.22. The number of amides is 1. The van der Waals surface area contributed by atoms with Crippen molar-refractivity contribution < 1.29 is 9.90 Å². The van der Waals surface area contributed by atoms with Gasteiger partial charge >= 0.3 is 0 Å². The first-order valence-electron chi connectivity index (χ1n) is 6.98. The minimum absolute atomic E-state index is 0.0803. The Morgan fingerprint density at radius 3 is 2.55 bits per heavy atom. The molecule has 0 aliphatic rings. The summed E-state index contributed by atoms with van der Waals surface area (Å²) in [6.07, 6.45) is 1.77. The van der Waals surface area contributed by atoms with Crippen LogP contribution in [0.4, 0.5) is 0 Å². The van der Waals surface area contributed by atoms with Crippen LogP contribution < -0.4 is 5.32 Å². The van der Waals surface area contributed by atoms with Crippen LogP contribution in [0.25, 0.3) is 0 Å². The lowest BCUT2D eigenvalue weighted by Crippen LogP contribution is -2.44. The van der Waals surface area contributed by atoms with Gasteiger partial charge in [0, 0.05) is 16.7 Å². The Bertz CT molecular complexity index is 534. The monoisotopic (exact) mass is 273 g/mol. The van der Waals surface area contributed by atoms with Gasteiger partial charge in [0.1, 0.15) is 6.61 Å². The number of hydrogen-bond acceptors (Lipinski definition) is 2. The molecule has 3 nitrogen and oxygen atoms in total. The summed E-state index contributed by atoms with van der Waals surface area (Å²) in [5.74, 6) is 5.40. The van der Waals surface area contributed by atoms with E-state index in [0.29, 0.717) is 5.56 Å². The Labute approximate surface area is 121 Å². The quantitative estimate of drug-likeness (QED) is 0.829. The van der Waals surface area contributed by atoms with Crippen molar-refractivity contribution in [1.29, 1.82) is 0 Å². The second-order valence-corrected chi connectivity index (χ2v) is 5.21. The zero-order chi connectivity index (χ0) is 15.2. The van der Waals surface area contributed by atoms with Crippen LogP contribution in [0, 0.1) is 18.8 Å². The number of aliphatic hydroxyl groups excluding tert-OH is 1. The maximum atomic E-state index is 12.3. The third-order valence-corrected chi connectivity index (χ3v) is 3.78. The molecule has 0 fully saturated rings. The number of carbonyl (C=O) groups is 1. The Morgan fingerprint density at radius 1 is 1.35 bits per heavy atom.